The van der Waals surface area contributed by atoms with E-state index in [9.17, 15) is 27.6 Å². The van der Waals surface area contributed by atoms with Crippen molar-refractivity contribution < 1.29 is 41.8 Å². The number of hydrogen-bond donors (Lipinski definition) is 1. The average molecular weight is 712 g/mol. The van der Waals surface area contributed by atoms with Gasteiger partial charge in [-0.2, -0.15) is 4.98 Å². The summed E-state index contributed by atoms with van der Waals surface area (Å²) in [6.45, 7) is 14.6. The first-order chi connectivity index (χ1) is 23.3. The lowest BCUT2D eigenvalue weighted by atomic mass is 9.77. The fraction of sp³-hybridized carbons (Fsp3) is 0.595. The highest BCUT2D eigenvalue weighted by Crippen LogP contribution is 2.46. The normalized spacial score (nSPS) is 24.3. The third kappa shape index (κ3) is 8.14. The van der Waals surface area contributed by atoms with E-state index in [1.165, 1.54) is 12.0 Å². The number of aromatic nitrogens is 1. The molecule has 272 valence electrons. The average Bonchev–Trinajstić information content (AvgIpc) is 3.95. The van der Waals surface area contributed by atoms with Crippen molar-refractivity contribution in [1.29, 1.82) is 0 Å². The lowest BCUT2D eigenvalue weighted by molar-refractivity contribution is -0.161. The Hall–Kier alpha value is -4.00. The number of hydrogen-bond acceptors (Lipinski definition) is 10. The van der Waals surface area contributed by atoms with Crippen LogP contribution in [0.25, 0.3) is 10.8 Å². The third-order valence-electron chi connectivity index (χ3n) is 9.66. The van der Waals surface area contributed by atoms with Gasteiger partial charge in [0.1, 0.15) is 29.0 Å². The maximum atomic E-state index is 14.5. The van der Waals surface area contributed by atoms with Crippen molar-refractivity contribution in [2.45, 2.75) is 102 Å². The summed E-state index contributed by atoms with van der Waals surface area (Å²) < 4.78 is 42.9. The molecular weight excluding hydrogens is 662 g/mol. The molecule has 2 aromatic rings. The van der Waals surface area contributed by atoms with E-state index >= 15 is 0 Å². The monoisotopic (exact) mass is 711 g/mol. The molecule has 2 amide bonds. The van der Waals surface area contributed by atoms with Crippen LogP contribution in [-0.4, -0.2) is 89.8 Å². The SMILES string of the molecule is C=C[C@@H]1C[C@]1(NC(=O)[C@@H]1C[C@@H](Oc2nc(OC)cc3ccccc23)CN1C(=O)[C@@H](CC(=O)OC(C)(C)C)C(C)(C)C)C(=O)CS(=O)(=O)C1CC1. The van der Waals surface area contributed by atoms with Crippen molar-refractivity contribution in [1.82, 2.24) is 15.2 Å². The zero-order chi connectivity index (χ0) is 36.8. The number of carbonyl (C=O) groups is 4. The van der Waals surface area contributed by atoms with Crippen molar-refractivity contribution in [3.05, 3.63) is 43.0 Å². The molecule has 0 bridgehead atoms. The maximum absolute atomic E-state index is 14.5. The van der Waals surface area contributed by atoms with Gasteiger partial charge in [-0.3, -0.25) is 19.2 Å². The first-order valence-electron chi connectivity index (χ1n) is 17.1. The molecule has 50 heavy (non-hydrogen) atoms. The molecule has 13 heteroatoms. The van der Waals surface area contributed by atoms with E-state index in [0.717, 1.165) is 5.39 Å². The summed E-state index contributed by atoms with van der Waals surface area (Å²) in [7, 11) is -2.14. The molecule has 0 spiro atoms. The number of ketones is 1. The van der Waals surface area contributed by atoms with Gasteiger partial charge in [0.05, 0.1) is 31.2 Å². The van der Waals surface area contributed by atoms with Crippen molar-refractivity contribution >= 4 is 44.2 Å². The highest BCUT2D eigenvalue weighted by Gasteiger charge is 2.61. The van der Waals surface area contributed by atoms with Crippen LogP contribution in [0.1, 0.15) is 73.6 Å². The number of nitrogens with one attached hydrogen (secondary N) is 1. The number of ether oxygens (including phenoxy) is 3. The molecule has 2 aliphatic carbocycles. The Morgan fingerprint density at radius 1 is 1.12 bits per heavy atom. The summed E-state index contributed by atoms with van der Waals surface area (Å²) in [5.74, 6) is -3.56. The van der Waals surface area contributed by atoms with E-state index < -0.39 is 84.9 Å². The minimum Gasteiger partial charge on any atom is -0.481 e. The number of fused-ring (bicyclic) bond motifs is 1. The molecule has 2 heterocycles. The zero-order valence-electron chi connectivity index (χ0n) is 30.0. The summed E-state index contributed by atoms with van der Waals surface area (Å²) in [6, 6.07) is 8.15. The predicted octanol–water partition coefficient (Wildman–Crippen LogP) is 4.19. The largest absolute Gasteiger partial charge is 0.481 e. The number of benzene rings is 1. The van der Waals surface area contributed by atoms with Crippen LogP contribution in [0.15, 0.2) is 43.0 Å². The first kappa shape index (κ1) is 37.3. The topological polar surface area (TPSA) is 158 Å². The van der Waals surface area contributed by atoms with Crippen molar-refractivity contribution in [3.63, 3.8) is 0 Å². The fourth-order valence-electron chi connectivity index (χ4n) is 6.65. The van der Waals surface area contributed by atoms with Gasteiger partial charge in [0.15, 0.2) is 15.6 Å². The van der Waals surface area contributed by atoms with Crippen LogP contribution in [0.3, 0.4) is 0 Å². The van der Waals surface area contributed by atoms with Crippen LogP contribution >= 0.6 is 0 Å². The minimum atomic E-state index is -3.64. The molecule has 0 radical (unpaired) electrons. The van der Waals surface area contributed by atoms with Crippen LogP contribution in [-0.2, 0) is 33.8 Å². The first-order valence-corrected chi connectivity index (χ1v) is 18.8. The van der Waals surface area contributed by atoms with Gasteiger partial charge in [-0.1, -0.05) is 45.0 Å². The molecule has 0 unspecified atom stereocenters. The standard InChI is InChI=1S/C37H49N3O9S/c1-9-23-19-37(23,29(41)21-50(45,46)25-14-15-25)39-32(43)28-17-24(48-33-26-13-11-10-12-22(26)16-30(38-33)47-8)20-40(28)34(44)27(35(2,3)4)18-31(42)49-36(5,6)7/h9-13,16,23-25,27-28H,1,14-15,17-21H2,2-8H3,(H,39,43)/t23-,24-,27-,28+,37-/m1/s1. The number of methoxy groups -OCH3 is 1. The van der Waals surface area contributed by atoms with Gasteiger partial charge < -0.3 is 24.4 Å². The van der Waals surface area contributed by atoms with E-state index in [1.54, 1.807) is 32.9 Å². The van der Waals surface area contributed by atoms with Crippen LogP contribution < -0.4 is 14.8 Å². The van der Waals surface area contributed by atoms with Crippen molar-refractivity contribution in [3.8, 4) is 11.8 Å². The molecular formula is C37H49N3O9S. The highest BCUT2D eigenvalue weighted by atomic mass is 32.2. The summed E-state index contributed by atoms with van der Waals surface area (Å²) >= 11 is 0. The Balaban J connectivity index is 1.46. The van der Waals surface area contributed by atoms with E-state index in [1.807, 2.05) is 45.0 Å². The summed E-state index contributed by atoms with van der Waals surface area (Å²) in [5.41, 5.74) is -2.89. The van der Waals surface area contributed by atoms with Crippen molar-refractivity contribution in [2.75, 3.05) is 19.4 Å². The Labute approximate surface area is 294 Å². The van der Waals surface area contributed by atoms with Gasteiger partial charge >= 0.3 is 5.97 Å². The molecule has 12 nitrogen and oxygen atoms in total. The lowest BCUT2D eigenvalue weighted by Gasteiger charge is -2.35. The molecule has 1 aromatic heterocycles. The predicted molar refractivity (Wildman–Crippen MR) is 187 cm³/mol. The number of sulfone groups is 1. The Kier molecular flexibility index (Phi) is 10.1. The summed E-state index contributed by atoms with van der Waals surface area (Å²) in [5, 5.41) is 3.87. The van der Waals surface area contributed by atoms with Gasteiger partial charge in [0.25, 0.3) is 0 Å². The molecule has 1 saturated heterocycles. The van der Waals surface area contributed by atoms with Gasteiger partial charge in [-0.15, -0.1) is 6.58 Å². The van der Waals surface area contributed by atoms with E-state index in [0.29, 0.717) is 24.1 Å². The van der Waals surface area contributed by atoms with Gasteiger partial charge in [0.2, 0.25) is 23.6 Å². The number of Topliss-reactive ketones (excluding diaryl/α,β-unsaturated/α-hetero) is 1. The minimum absolute atomic E-state index is 0.00702. The molecule has 1 aromatic carbocycles. The van der Waals surface area contributed by atoms with Crippen molar-refractivity contribution in [2.24, 2.45) is 17.3 Å². The number of nitrogens with zero attached hydrogens (tertiary/aromatic N) is 2. The Bertz CT molecular complexity index is 1790. The van der Waals surface area contributed by atoms with Crippen LogP contribution in [0.4, 0.5) is 0 Å². The molecule has 3 aliphatic rings. The fourth-order valence-corrected chi connectivity index (χ4v) is 8.36. The van der Waals surface area contributed by atoms with Gasteiger partial charge in [-0.05, 0) is 56.9 Å². The molecule has 1 aliphatic heterocycles. The Morgan fingerprint density at radius 2 is 1.80 bits per heavy atom. The number of likely N-dealkylation sites (tertiary alicyclic amines) is 1. The van der Waals surface area contributed by atoms with Crippen LogP contribution in [0, 0.1) is 17.3 Å². The second kappa shape index (κ2) is 13.6. The maximum Gasteiger partial charge on any atom is 0.307 e. The zero-order valence-corrected chi connectivity index (χ0v) is 30.8. The van der Waals surface area contributed by atoms with E-state index in [-0.39, 0.29) is 31.7 Å². The van der Waals surface area contributed by atoms with Crippen LogP contribution in [0.5, 0.6) is 11.8 Å². The lowest BCUT2D eigenvalue weighted by Crippen LogP contribution is -2.55. The molecule has 5 atom stereocenters. The second-order valence-electron chi connectivity index (χ2n) is 15.8. The third-order valence-corrected chi connectivity index (χ3v) is 11.8. The summed E-state index contributed by atoms with van der Waals surface area (Å²) in [4.78, 5) is 61.3. The number of carbonyl (C=O) groups excluding carboxylic acids is 4. The van der Waals surface area contributed by atoms with Gasteiger partial charge in [-0.25, -0.2) is 8.42 Å². The number of esters is 1. The number of pyridine rings is 1. The van der Waals surface area contributed by atoms with E-state index in [4.69, 9.17) is 14.2 Å². The van der Waals surface area contributed by atoms with Crippen LogP contribution in [0.2, 0.25) is 0 Å². The van der Waals surface area contributed by atoms with E-state index in [2.05, 4.69) is 16.9 Å². The number of rotatable bonds is 13. The molecule has 3 fully saturated rings. The van der Waals surface area contributed by atoms with Gasteiger partial charge in [0, 0.05) is 23.8 Å². The second-order valence-corrected chi connectivity index (χ2v) is 18.1. The smallest absolute Gasteiger partial charge is 0.307 e. The quantitative estimate of drug-likeness (QED) is 0.236. The molecule has 5 rings (SSSR count). The Morgan fingerprint density at radius 3 is 2.38 bits per heavy atom. The number of amides is 2. The summed E-state index contributed by atoms with van der Waals surface area (Å²) in [6.07, 6.45) is 1.95. The molecule has 2 saturated carbocycles. The highest BCUT2D eigenvalue weighted by molar-refractivity contribution is 7.93. The molecule has 1 N–H and O–H groups in total.